The zero-order valence-corrected chi connectivity index (χ0v) is 13.6. The third-order valence-corrected chi connectivity index (χ3v) is 3.96. The summed E-state index contributed by atoms with van der Waals surface area (Å²) in [7, 11) is 0. The number of H-pyrrole nitrogens is 1. The fourth-order valence-electron chi connectivity index (χ4n) is 2.74. The summed E-state index contributed by atoms with van der Waals surface area (Å²) in [5.41, 5.74) is 5.42. The van der Waals surface area contributed by atoms with Gasteiger partial charge in [0.05, 0.1) is 17.4 Å². The number of nitrogens with one attached hydrogen (secondary N) is 1. The Morgan fingerprint density at radius 3 is 2.79 bits per heavy atom. The summed E-state index contributed by atoms with van der Waals surface area (Å²) in [6.45, 7) is 13.7. The quantitative estimate of drug-likeness (QED) is 0.526. The molecule has 0 amide bonds. The number of hydrogen-bond acceptors (Lipinski definition) is 3. The summed E-state index contributed by atoms with van der Waals surface area (Å²) in [6, 6.07) is 5.90. The van der Waals surface area contributed by atoms with Crippen molar-refractivity contribution in [1.29, 1.82) is 0 Å². The molecular formula is C20H18N4. The molecule has 4 nitrogen and oxygen atoms in total. The molecule has 3 aromatic rings. The second-order valence-electron chi connectivity index (χ2n) is 5.29. The minimum Gasteiger partial charge on any atom is -0.338 e. The van der Waals surface area contributed by atoms with Gasteiger partial charge in [0.15, 0.2) is 0 Å². The van der Waals surface area contributed by atoms with Crippen LogP contribution in [0.4, 0.5) is 5.82 Å². The molecule has 0 saturated heterocycles. The Kier molecular flexibility index (Phi) is 4.20. The number of fused-ring (bicyclic) bond motifs is 1. The average Bonchev–Trinajstić information content (AvgIpc) is 3.01. The van der Waals surface area contributed by atoms with Gasteiger partial charge in [0, 0.05) is 28.9 Å². The highest BCUT2D eigenvalue weighted by Crippen LogP contribution is 2.37. The molecule has 0 aliphatic rings. The molecule has 0 saturated carbocycles. The van der Waals surface area contributed by atoms with E-state index >= 15 is 0 Å². The van der Waals surface area contributed by atoms with E-state index in [1.54, 1.807) is 24.7 Å². The van der Waals surface area contributed by atoms with Crippen LogP contribution < -0.4 is 0 Å². The third kappa shape index (κ3) is 2.58. The van der Waals surface area contributed by atoms with Gasteiger partial charge in [-0.1, -0.05) is 25.3 Å². The van der Waals surface area contributed by atoms with Crippen molar-refractivity contribution in [2.24, 2.45) is 4.99 Å². The van der Waals surface area contributed by atoms with Crippen LogP contribution in [0.1, 0.15) is 12.5 Å². The number of rotatable bonds is 5. The van der Waals surface area contributed by atoms with Gasteiger partial charge in [-0.2, -0.15) is 0 Å². The fourth-order valence-corrected chi connectivity index (χ4v) is 2.74. The summed E-state index contributed by atoms with van der Waals surface area (Å²) in [4.78, 5) is 16.0. The van der Waals surface area contributed by atoms with E-state index in [-0.39, 0.29) is 0 Å². The summed E-state index contributed by atoms with van der Waals surface area (Å²) < 4.78 is 0. The first kappa shape index (κ1) is 15.6. The van der Waals surface area contributed by atoms with Crippen molar-refractivity contribution in [3.05, 3.63) is 73.2 Å². The maximum Gasteiger partial charge on any atom is 0.138 e. The topological polar surface area (TPSA) is 53.9 Å². The van der Waals surface area contributed by atoms with E-state index in [9.17, 15) is 0 Å². The molecule has 0 spiro atoms. The largest absolute Gasteiger partial charge is 0.338 e. The Labute approximate surface area is 141 Å². The lowest BCUT2D eigenvalue weighted by Crippen LogP contribution is -1.87. The van der Waals surface area contributed by atoms with E-state index in [0.29, 0.717) is 5.82 Å². The van der Waals surface area contributed by atoms with Gasteiger partial charge >= 0.3 is 0 Å². The smallest absolute Gasteiger partial charge is 0.138 e. The van der Waals surface area contributed by atoms with Gasteiger partial charge in [0.25, 0.3) is 0 Å². The Morgan fingerprint density at radius 1 is 1.33 bits per heavy atom. The SMILES string of the molecule is C=C/C(=C\C)C(=C)c1c(N=C)[nH]c2cnc(-c3cccnc3)cc12. The van der Waals surface area contributed by atoms with E-state index in [0.717, 1.165) is 38.9 Å². The molecule has 118 valence electrons. The monoisotopic (exact) mass is 314 g/mol. The first-order chi connectivity index (χ1) is 11.7. The molecule has 24 heavy (non-hydrogen) atoms. The molecule has 0 aliphatic carbocycles. The Balaban J connectivity index is 2.25. The van der Waals surface area contributed by atoms with Crippen molar-refractivity contribution < 1.29 is 0 Å². The molecule has 0 aliphatic heterocycles. The van der Waals surface area contributed by atoms with E-state index in [1.165, 1.54) is 0 Å². The van der Waals surface area contributed by atoms with Crippen molar-refractivity contribution in [2.75, 3.05) is 0 Å². The van der Waals surface area contributed by atoms with Gasteiger partial charge in [0.1, 0.15) is 5.82 Å². The molecular weight excluding hydrogens is 296 g/mol. The molecule has 3 heterocycles. The van der Waals surface area contributed by atoms with Crippen LogP contribution in [0.25, 0.3) is 27.7 Å². The van der Waals surface area contributed by atoms with Gasteiger partial charge < -0.3 is 4.98 Å². The lowest BCUT2D eigenvalue weighted by molar-refractivity contribution is 1.28. The van der Waals surface area contributed by atoms with Gasteiger partial charge in [-0.15, -0.1) is 0 Å². The van der Waals surface area contributed by atoms with E-state index in [4.69, 9.17) is 0 Å². The van der Waals surface area contributed by atoms with Gasteiger partial charge in [-0.25, -0.2) is 4.99 Å². The summed E-state index contributed by atoms with van der Waals surface area (Å²) in [5.74, 6) is 0.682. The highest BCUT2D eigenvalue weighted by Gasteiger charge is 2.16. The Bertz CT molecular complexity index is 962. The standard InChI is InChI=1S/C20H18N4/c1-5-14(6-2)13(3)19-16-10-17(15-8-7-9-22-11-15)23-12-18(16)24-20(19)21-4/h5-12,24H,1,3-4H2,2H3/b14-6+. The molecule has 4 heteroatoms. The van der Waals surface area contributed by atoms with Crippen LogP contribution in [0, 0.1) is 0 Å². The normalized spacial score (nSPS) is 11.5. The highest BCUT2D eigenvalue weighted by molar-refractivity contribution is 6.02. The van der Waals surface area contributed by atoms with Crippen molar-refractivity contribution in [3.8, 4) is 11.3 Å². The predicted molar refractivity (Wildman–Crippen MR) is 102 cm³/mol. The van der Waals surface area contributed by atoms with Crippen LogP contribution in [0.3, 0.4) is 0 Å². The summed E-state index contributed by atoms with van der Waals surface area (Å²) >= 11 is 0. The van der Waals surface area contributed by atoms with Crippen LogP contribution in [-0.4, -0.2) is 21.7 Å². The summed E-state index contributed by atoms with van der Waals surface area (Å²) in [5, 5.41) is 0.998. The molecule has 0 bridgehead atoms. The van der Waals surface area contributed by atoms with E-state index < -0.39 is 0 Å². The number of allylic oxidation sites excluding steroid dienone is 4. The van der Waals surface area contributed by atoms with Crippen LogP contribution in [-0.2, 0) is 0 Å². The number of hydrogen-bond donors (Lipinski definition) is 1. The van der Waals surface area contributed by atoms with Gasteiger partial charge in [-0.05, 0) is 43.0 Å². The molecule has 0 radical (unpaired) electrons. The van der Waals surface area contributed by atoms with Gasteiger partial charge in [-0.3, -0.25) is 9.97 Å². The van der Waals surface area contributed by atoms with Crippen molar-refractivity contribution in [3.63, 3.8) is 0 Å². The van der Waals surface area contributed by atoms with Crippen LogP contribution >= 0.6 is 0 Å². The van der Waals surface area contributed by atoms with Crippen molar-refractivity contribution in [2.45, 2.75) is 6.92 Å². The molecule has 3 rings (SSSR count). The van der Waals surface area contributed by atoms with E-state index in [1.807, 2.05) is 31.2 Å². The number of aromatic nitrogens is 3. The minimum atomic E-state index is 0.682. The van der Waals surface area contributed by atoms with Crippen molar-refractivity contribution in [1.82, 2.24) is 15.0 Å². The Morgan fingerprint density at radius 2 is 2.17 bits per heavy atom. The number of nitrogens with zero attached hydrogens (tertiary/aromatic N) is 3. The van der Waals surface area contributed by atoms with Crippen LogP contribution in [0.2, 0.25) is 0 Å². The molecule has 3 aromatic heterocycles. The van der Waals surface area contributed by atoms with Gasteiger partial charge in [0.2, 0.25) is 0 Å². The lowest BCUT2D eigenvalue weighted by atomic mass is 9.97. The number of aromatic amines is 1. The number of pyridine rings is 2. The maximum absolute atomic E-state index is 4.51. The highest BCUT2D eigenvalue weighted by atomic mass is 14.9. The van der Waals surface area contributed by atoms with Crippen molar-refractivity contribution >= 4 is 29.0 Å². The maximum atomic E-state index is 4.51. The molecule has 1 N–H and O–H groups in total. The van der Waals surface area contributed by atoms with Crippen LogP contribution in [0.5, 0.6) is 0 Å². The first-order valence-electron chi connectivity index (χ1n) is 7.56. The lowest BCUT2D eigenvalue weighted by Gasteiger charge is -2.07. The predicted octanol–water partition coefficient (Wildman–Crippen LogP) is 5.10. The zero-order chi connectivity index (χ0) is 17.1. The second kappa shape index (κ2) is 6.46. The third-order valence-electron chi connectivity index (χ3n) is 3.96. The average molecular weight is 314 g/mol. The molecule has 0 aromatic carbocycles. The molecule has 0 fully saturated rings. The first-order valence-corrected chi connectivity index (χ1v) is 7.56. The van der Waals surface area contributed by atoms with Crippen LogP contribution in [0.15, 0.2) is 72.7 Å². The minimum absolute atomic E-state index is 0.682. The molecule has 0 unspecified atom stereocenters. The Hall–Kier alpha value is -3.27. The summed E-state index contributed by atoms with van der Waals surface area (Å²) in [6.07, 6.45) is 9.10. The molecule has 0 atom stereocenters. The van der Waals surface area contributed by atoms with E-state index in [2.05, 4.69) is 39.8 Å². The zero-order valence-electron chi connectivity index (χ0n) is 13.6. The number of aliphatic imine (C=N–C) groups is 1. The second-order valence-corrected chi connectivity index (χ2v) is 5.29. The fraction of sp³-hybridized carbons (Fsp3) is 0.0500.